The van der Waals surface area contributed by atoms with Gasteiger partial charge in [0.25, 0.3) is 0 Å². The first-order valence-corrected chi connectivity index (χ1v) is 11.8. The van der Waals surface area contributed by atoms with Gasteiger partial charge in [0.2, 0.25) is 5.91 Å². The minimum atomic E-state index is -0.353. The van der Waals surface area contributed by atoms with Crippen LogP contribution in [0.15, 0.2) is 0 Å². The van der Waals surface area contributed by atoms with E-state index in [1.54, 1.807) is 0 Å². The van der Waals surface area contributed by atoms with Crippen molar-refractivity contribution in [1.29, 1.82) is 0 Å². The summed E-state index contributed by atoms with van der Waals surface area (Å²) in [4.78, 5) is 23.9. The summed E-state index contributed by atoms with van der Waals surface area (Å²) in [5.74, 6) is 0.254. The molecule has 0 aliphatic heterocycles. The number of nitrogens with two attached hydrogens (primary N) is 2. The minimum Gasteiger partial charge on any atom is -0.356 e. The Balaban J connectivity index is 3.46. The molecule has 6 nitrogen and oxygen atoms in total. The van der Waals surface area contributed by atoms with Crippen LogP contribution in [0, 0.1) is 5.41 Å². The fourth-order valence-corrected chi connectivity index (χ4v) is 3.09. The van der Waals surface area contributed by atoms with Crippen LogP contribution in [0.2, 0.25) is 0 Å². The minimum absolute atomic E-state index is 0.0667. The molecular weight excluding hydrogens is 364 g/mol. The van der Waals surface area contributed by atoms with Crippen molar-refractivity contribution >= 4 is 11.7 Å². The fourth-order valence-electron chi connectivity index (χ4n) is 3.09. The average Bonchev–Trinajstić information content (AvgIpc) is 2.67. The quantitative estimate of drug-likeness (QED) is 0.243. The first-order chi connectivity index (χ1) is 13.8. The number of nitrogens with one attached hydrogen (secondary N) is 2. The molecule has 1 amide bonds. The Morgan fingerprint density at radius 2 is 1.34 bits per heavy atom. The van der Waals surface area contributed by atoms with Gasteiger partial charge in [-0.3, -0.25) is 9.59 Å². The van der Waals surface area contributed by atoms with Crippen LogP contribution in [0.3, 0.4) is 0 Å². The third-order valence-corrected chi connectivity index (χ3v) is 5.16. The smallest absolute Gasteiger partial charge is 0.225 e. The Morgan fingerprint density at radius 1 is 0.793 bits per heavy atom. The van der Waals surface area contributed by atoms with Gasteiger partial charge in [-0.2, -0.15) is 0 Å². The van der Waals surface area contributed by atoms with Gasteiger partial charge in [-0.15, -0.1) is 0 Å². The van der Waals surface area contributed by atoms with Gasteiger partial charge >= 0.3 is 0 Å². The van der Waals surface area contributed by atoms with Crippen molar-refractivity contribution in [3.05, 3.63) is 0 Å². The Morgan fingerprint density at radius 3 is 1.97 bits per heavy atom. The summed E-state index contributed by atoms with van der Waals surface area (Å²) in [6, 6.07) is -0.347. The van der Waals surface area contributed by atoms with E-state index < -0.39 is 0 Å². The summed E-state index contributed by atoms with van der Waals surface area (Å²) >= 11 is 0. The maximum Gasteiger partial charge on any atom is 0.225 e. The lowest BCUT2D eigenvalue weighted by atomic mass is 9.95. The summed E-state index contributed by atoms with van der Waals surface area (Å²) < 4.78 is 0. The Kier molecular flexibility index (Phi) is 17.2. The molecule has 29 heavy (non-hydrogen) atoms. The van der Waals surface area contributed by atoms with Crippen LogP contribution >= 0.6 is 0 Å². The van der Waals surface area contributed by atoms with Crippen LogP contribution < -0.4 is 22.1 Å². The van der Waals surface area contributed by atoms with E-state index in [-0.39, 0.29) is 23.1 Å². The van der Waals surface area contributed by atoms with Gasteiger partial charge in [-0.05, 0) is 58.2 Å². The molecular formula is C23H48N4O2. The zero-order valence-corrected chi connectivity index (χ0v) is 19.4. The van der Waals surface area contributed by atoms with Crippen LogP contribution in [-0.2, 0) is 9.59 Å². The Hall–Kier alpha value is -0.980. The van der Waals surface area contributed by atoms with Crippen molar-refractivity contribution in [3.63, 3.8) is 0 Å². The molecule has 1 atom stereocenters. The Labute approximate surface area is 179 Å². The van der Waals surface area contributed by atoms with Gasteiger partial charge in [-0.1, -0.05) is 52.9 Å². The molecule has 0 aromatic rings. The van der Waals surface area contributed by atoms with Crippen LogP contribution in [0.25, 0.3) is 0 Å². The number of rotatable bonds is 19. The standard InChI is InChI=1S/C23H48N4O2/c1-23(2,3)22(29)27-19-12-10-14-20(25)21(28)15-9-7-5-4-6-8-11-17-26-18-13-16-24/h20,26H,4-19,24-25H2,1-3H3,(H,27,29)/t20-/m0/s1. The van der Waals surface area contributed by atoms with E-state index in [1.165, 1.54) is 32.1 Å². The Bertz CT molecular complexity index is 422. The van der Waals surface area contributed by atoms with E-state index in [2.05, 4.69) is 10.6 Å². The molecule has 0 rings (SSSR count). The van der Waals surface area contributed by atoms with Gasteiger partial charge in [0, 0.05) is 18.4 Å². The maximum atomic E-state index is 12.1. The first kappa shape index (κ1) is 28.0. The topological polar surface area (TPSA) is 110 Å². The normalized spacial score (nSPS) is 12.7. The molecule has 0 radical (unpaired) electrons. The van der Waals surface area contributed by atoms with Gasteiger partial charge in [0.1, 0.15) is 5.78 Å². The van der Waals surface area contributed by atoms with Crippen LogP contribution in [0.5, 0.6) is 0 Å². The molecule has 0 aliphatic carbocycles. The molecule has 0 aliphatic rings. The second-order valence-electron chi connectivity index (χ2n) is 9.19. The summed E-state index contributed by atoms with van der Waals surface area (Å²) in [6.45, 7) is 9.25. The first-order valence-electron chi connectivity index (χ1n) is 11.8. The SMILES string of the molecule is CC(C)(C)C(=O)NCCCC[C@H](N)C(=O)CCCCCCCCCNCCCN. The van der Waals surface area contributed by atoms with Crippen molar-refractivity contribution in [1.82, 2.24) is 10.6 Å². The molecule has 0 saturated carbocycles. The lowest BCUT2D eigenvalue weighted by Gasteiger charge is -2.17. The van der Waals surface area contributed by atoms with Gasteiger partial charge in [0.05, 0.1) is 6.04 Å². The second kappa shape index (κ2) is 17.8. The molecule has 0 saturated heterocycles. The molecule has 6 N–H and O–H groups in total. The van der Waals surface area contributed by atoms with Crippen molar-refractivity contribution in [2.45, 2.75) is 104 Å². The van der Waals surface area contributed by atoms with Gasteiger partial charge < -0.3 is 22.1 Å². The molecule has 172 valence electrons. The summed E-state index contributed by atoms with van der Waals surface area (Å²) in [5.41, 5.74) is 11.1. The number of Topliss-reactive ketones (excluding diaryl/α,β-unsaturated/α-hetero) is 1. The summed E-state index contributed by atoms with van der Waals surface area (Å²) in [5, 5.41) is 6.34. The summed E-state index contributed by atoms with van der Waals surface area (Å²) in [6.07, 6.45) is 12.4. The second-order valence-corrected chi connectivity index (χ2v) is 9.19. The van der Waals surface area contributed by atoms with E-state index in [9.17, 15) is 9.59 Å². The van der Waals surface area contributed by atoms with Crippen LogP contribution in [0.4, 0.5) is 0 Å². The lowest BCUT2D eigenvalue weighted by Crippen LogP contribution is -2.35. The van der Waals surface area contributed by atoms with E-state index in [0.29, 0.717) is 19.4 Å². The highest BCUT2D eigenvalue weighted by Crippen LogP contribution is 2.13. The lowest BCUT2D eigenvalue weighted by molar-refractivity contribution is -0.128. The van der Waals surface area contributed by atoms with E-state index >= 15 is 0 Å². The van der Waals surface area contributed by atoms with Crippen molar-refractivity contribution < 1.29 is 9.59 Å². The van der Waals surface area contributed by atoms with Crippen LogP contribution in [-0.4, -0.2) is 43.9 Å². The maximum absolute atomic E-state index is 12.1. The number of hydrogen-bond acceptors (Lipinski definition) is 5. The number of carbonyl (C=O) groups excluding carboxylic acids is 2. The van der Waals surface area contributed by atoms with Gasteiger partial charge in [0.15, 0.2) is 0 Å². The third kappa shape index (κ3) is 17.6. The predicted octanol–water partition coefficient (Wildman–Crippen LogP) is 3.27. The zero-order valence-electron chi connectivity index (χ0n) is 19.4. The number of hydrogen-bond donors (Lipinski definition) is 4. The van der Waals surface area contributed by atoms with E-state index in [4.69, 9.17) is 11.5 Å². The molecule has 0 spiro atoms. The highest BCUT2D eigenvalue weighted by molar-refractivity contribution is 5.83. The van der Waals surface area contributed by atoms with Crippen LogP contribution in [0.1, 0.15) is 97.8 Å². The van der Waals surface area contributed by atoms with Crippen molar-refractivity contribution in [2.24, 2.45) is 16.9 Å². The van der Waals surface area contributed by atoms with E-state index in [1.807, 2.05) is 20.8 Å². The zero-order chi connectivity index (χ0) is 22.0. The molecule has 0 aromatic heterocycles. The number of ketones is 1. The van der Waals surface area contributed by atoms with E-state index in [0.717, 1.165) is 51.7 Å². The van der Waals surface area contributed by atoms with Crippen molar-refractivity contribution in [3.8, 4) is 0 Å². The number of carbonyl (C=O) groups is 2. The van der Waals surface area contributed by atoms with Gasteiger partial charge in [-0.25, -0.2) is 0 Å². The fraction of sp³-hybridized carbons (Fsp3) is 0.913. The third-order valence-electron chi connectivity index (χ3n) is 5.16. The average molecular weight is 413 g/mol. The number of unbranched alkanes of at least 4 members (excludes halogenated alkanes) is 7. The molecule has 0 bridgehead atoms. The molecule has 0 fully saturated rings. The molecule has 6 heteroatoms. The predicted molar refractivity (Wildman–Crippen MR) is 123 cm³/mol. The highest BCUT2D eigenvalue weighted by Gasteiger charge is 2.20. The summed E-state index contributed by atoms with van der Waals surface area (Å²) in [7, 11) is 0. The highest BCUT2D eigenvalue weighted by atomic mass is 16.2. The largest absolute Gasteiger partial charge is 0.356 e. The molecule has 0 unspecified atom stereocenters. The van der Waals surface area contributed by atoms with Crippen molar-refractivity contribution in [2.75, 3.05) is 26.2 Å². The number of amides is 1. The molecule has 0 aromatic carbocycles. The molecule has 0 heterocycles. The monoisotopic (exact) mass is 412 g/mol.